The van der Waals surface area contributed by atoms with Gasteiger partial charge in [0.15, 0.2) is 0 Å². The van der Waals surface area contributed by atoms with Crippen molar-refractivity contribution in [2.75, 3.05) is 20.1 Å². The van der Waals surface area contributed by atoms with Crippen LogP contribution in [-0.4, -0.2) is 36.1 Å². The van der Waals surface area contributed by atoms with Gasteiger partial charge >= 0.3 is 0 Å². The van der Waals surface area contributed by atoms with Crippen molar-refractivity contribution in [1.29, 1.82) is 5.26 Å². The van der Waals surface area contributed by atoms with Gasteiger partial charge in [0.05, 0.1) is 16.5 Å². The molecular formula is C30H37N3OS. The van der Waals surface area contributed by atoms with Crippen molar-refractivity contribution in [3.63, 3.8) is 0 Å². The van der Waals surface area contributed by atoms with Crippen LogP contribution in [0.1, 0.15) is 51.2 Å². The van der Waals surface area contributed by atoms with Crippen molar-refractivity contribution < 1.29 is 4.74 Å². The Morgan fingerprint density at radius 2 is 2.03 bits per heavy atom. The Morgan fingerprint density at radius 3 is 2.74 bits per heavy atom. The lowest BCUT2D eigenvalue weighted by molar-refractivity contribution is 0.242. The Morgan fingerprint density at radius 1 is 1.23 bits per heavy atom. The number of ether oxygens (including phenoxy) is 1. The zero-order valence-corrected chi connectivity index (χ0v) is 22.3. The maximum atomic E-state index is 9.59. The van der Waals surface area contributed by atoms with Crippen LogP contribution in [0, 0.1) is 17.2 Å². The molecule has 0 amide bonds. The molecule has 1 atom stereocenters. The standard InChI is InChI=1S/C30H37N3OS/c1-6-10-23(21-33(5)17-7-2)13-14-24-11-8-9-12-27(24)29-20-32-30(35-29)25-15-16-28(34-22(3)4)26(18-25)19-31/h6,8-9,11-12,15-16,18,20,22-23H,1,7,10,13-14,17,21H2,2-5H3. The number of hydrogen-bond acceptors (Lipinski definition) is 5. The molecule has 0 aliphatic carbocycles. The summed E-state index contributed by atoms with van der Waals surface area (Å²) in [4.78, 5) is 8.29. The van der Waals surface area contributed by atoms with Crippen LogP contribution in [0.25, 0.3) is 21.0 Å². The average molecular weight is 488 g/mol. The van der Waals surface area contributed by atoms with Crippen molar-refractivity contribution in [2.45, 2.75) is 52.6 Å². The number of benzene rings is 2. The minimum atomic E-state index is 0.0223. The van der Waals surface area contributed by atoms with Gasteiger partial charge < -0.3 is 9.64 Å². The van der Waals surface area contributed by atoms with E-state index in [2.05, 4.69) is 61.9 Å². The van der Waals surface area contributed by atoms with Crippen molar-refractivity contribution in [2.24, 2.45) is 5.92 Å². The molecular weight excluding hydrogens is 450 g/mol. The lowest BCUT2D eigenvalue weighted by Crippen LogP contribution is -2.26. The molecule has 0 aliphatic rings. The second-order valence-corrected chi connectivity index (χ2v) is 10.4. The Labute approximate surface area is 214 Å². The summed E-state index contributed by atoms with van der Waals surface area (Å²) in [7, 11) is 2.21. The highest BCUT2D eigenvalue weighted by molar-refractivity contribution is 7.18. The fourth-order valence-electron chi connectivity index (χ4n) is 4.41. The quantitative estimate of drug-likeness (QED) is 0.233. The minimum Gasteiger partial charge on any atom is -0.490 e. The third-order valence-corrected chi connectivity index (χ3v) is 7.07. The van der Waals surface area contributed by atoms with E-state index in [-0.39, 0.29) is 6.10 Å². The molecule has 184 valence electrons. The predicted molar refractivity (Wildman–Crippen MR) is 148 cm³/mol. The van der Waals surface area contributed by atoms with Gasteiger partial charge in [-0.3, -0.25) is 0 Å². The smallest absolute Gasteiger partial charge is 0.137 e. The molecule has 2 aromatic carbocycles. The number of nitrogens with zero attached hydrogens (tertiary/aromatic N) is 3. The summed E-state index contributed by atoms with van der Waals surface area (Å²) in [6.07, 6.45) is 8.41. The summed E-state index contributed by atoms with van der Waals surface area (Å²) in [5.74, 6) is 1.22. The molecule has 1 unspecified atom stereocenters. The zero-order valence-electron chi connectivity index (χ0n) is 21.5. The van der Waals surface area contributed by atoms with E-state index < -0.39 is 0 Å². The molecule has 0 fully saturated rings. The summed E-state index contributed by atoms with van der Waals surface area (Å²) in [5, 5.41) is 10.5. The molecule has 0 bridgehead atoms. The van der Waals surface area contributed by atoms with Gasteiger partial charge in [-0.2, -0.15) is 5.26 Å². The van der Waals surface area contributed by atoms with Gasteiger partial charge in [-0.15, -0.1) is 17.9 Å². The Hall–Kier alpha value is -2.94. The fraction of sp³-hybridized carbons (Fsp3) is 0.400. The lowest BCUT2D eigenvalue weighted by Gasteiger charge is -2.23. The molecule has 0 N–H and O–H groups in total. The number of nitriles is 1. The van der Waals surface area contributed by atoms with Crippen LogP contribution in [0.2, 0.25) is 0 Å². The second-order valence-electron chi connectivity index (χ2n) is 9.37. The van der Waals surface area contributed by atoms with Gasteiger partial charge in [0.1, 0.15) is 16.8 Å². The third kappa shape index (κ3) is 7.52. The summed E-state index contributed by atoms with van der Waals surface area (Å²) >= 11 is 1.67. The first-order chi connectivity index (χ1) is 16.9. The first-order valence-corrected chi connectivity index (χ1v) is 13.3. The number of rotatable bonds is 13. The molecule has 1 heterocycles. The lowest BCUT2D eigenvalue weighted by atomic mass is 9.93. The Kier molecular flexibility index (Phi) is 10.1. The van der Waals surface area contributed by atoms with Crippen LogP contribution in [0.15, 0.2) is 61.3 Å². The number of hydrogen-bond donors (Lipinski definition) is 0. The van der Waals surface area contributed by atoms with Crippen LogP contribution < -0.4 is 4.74 Å². The highest BCUT2D eigenvalue weighted by Crippen LogP contribution is 2.36. The number of aryl methyl sites for hydroxylation is 1. The van der Waals surface area contributed by atoms with Gasteiger partial charge in [0.25, 0.3) is 0 Å². The zero-order chi connectivity index (χ0) is 25.2. The number of thiazole rings is 1. The molecule has 1 aromatic heterocycles. The molecule has 4 nitrogen and oxygen atoms in total. The Balaban J connectivity index is 1.79. The SMILES string of the molecule is C=CCC(CCc1ccccc1-c1cnc(-c2ccc(OC(C)C)c(C#N)c2)s1)CN(C)CCC. The van der Waals surface area contributed by atoms with Gasteiger partial charge in [-0.1, -0.05) is 37.3 Å². The van der Waals surface area contributed by atoms with Crippen LogP contribution >= 0.6 is 11.3 Å². The number of aromatic nitrogens is 1. The molecule has 0 saturated heterocycles. The predicted octanol–water partition coefficient (Wildman–Crippen LogP) is 7.60. The highest BCUT2D eigenvalue weighted by Gasteiger charge is 2.15. The van der Waals surface area contributed by atoms with Crippen molar-refractivity contribution in [3.8, 4) is 32.8 Å². The normalized spacial score (nSPS) is 12.0. The maximum absolute atomic E-state index is 9.59. The molecule has 0 aliphatic heterocycles. The van der Waals surface area contributed by atoms with Gasteiger partial charge in [0, 0.05) is 18.3 Å². The molecule has 3 rings (SSSR count). The molecule has 0 radical (unpaired) electrons. The monoisotopic (exact) mass is 487 g/mol. The second kappa shape index (κ2) is 13.2. The van der Waals surface area contributed by atoms with Crippen molar-refractivity contribution in [1.82, 2.24) is 9.88 Å². The molecule has 5 heteroatoms. The molecule has 0 spiro atoms. The highest BCUT2D eigenvalue weighted by atomic mass is 32.1. The molecule has 35 heavy (non-hydrogen) atoms. The van der Waals surface area contributed by atoms with E-state index in [1.165, 1.54) is 17.5 Å². The van der Waals surface area contributed by atoms with E-state index in [0.29, 0.717) is 17.2 Å². The van der Waals surface area contributed by atoms with E-state index in [9.17, 15) is 5.26 Å². The van der Waals surface area contributed by atoms with Crippen LogP contribution in [-0.2, 0) is 6.42 Å². The van der Waals surface area contributed by atoms with Crippen LogP contribution in [0.5, 0.6) is 5.75 Å². The summed E-state index contributed by atoms with van der Waals surface area (Å²) in [5.41, 5.74) is 4.08. The van der Waals surface area contributed by atoms with Crippen LogP contribution in [0.3, 0.4) is 0 Å². The molecule has 3 aromatic rings. The van der Waals surface area contributed by atoms with E-state index in [1.807, 2.05) is 38.2 Å². The van der Waals surface area contributed by atoms with E-state index in [1.54, 1.807) is 11.3 Å². The van der Waals surface area contributed by atoms with Crippen LogP contribution in [0.4, 0.5) is 0 Å². The topological polar surface area (TPSA) is 49.1 Å². The minimum absolute atomic E-state index is 0.0223. The van der Waals surface area contributed by atoms with E-state index in [0.717, 1.165) is 47.8 Å². The molecule has 0 saturated carbocycles. The van der Waals surface area contributed by atoms with Crippen molar-refractivity contribution >= 4 is 11.3 Å². The van der Waals surface area contributed by atoms with Crippen molar-refractivity contribution in [3.05, 3.63) is 72.4 Å². The van der Waals surface area contributed by atoms with E-state index in [4.69, 9.17) is 9.72 Å². The largest absolute Gasteiger partial charge is 0.490 e. The first kappa shape index (κ1) is 26.7. The van der Waals surface area contributed by atoms with E-state index >= 15 is 0 Å². The summed E-state index contributed by atoms with van der Waals surface area (Å²) in [6, 6.07) is 16.6. The third-order valence-electron chi connectivity index (χ3n) is 6.00. The van der Waals surface area contributed by atoms with Gasteiger partial charge in [-0.05, 0) is 88.4 Å². The average Bonchev–Trinajstić information content (AvgIpc) is 3.33. The fourth-order valence-corrected chi connectivity index (χ4v) is 5.38. The van der Waals surface area contributed by atoms with Gasteiger partial charge in [0.2, 0.25) is 0 Å². The number of allylic oxidation sites excluding steroid dienone is 1. The summed E-state index contributed by atoms with van der Waals surface area (Å²) < 4.78 is 5.77. The summed E-state index contributed by atoms with van der Waals surface area (Å²) in [6.45, 7) is 12.4. The maximum Gasteiger partial charge on any atom is 0.137 e. The Bertz CT molecular complexity index is 1140. The first-order valence-electron chi connectivity index (χ1n) is 12.5. The van der Waals surface area contributed by atoms with Gasteiger partial charge in [-0.25, -0.2) is 4.98 Å².